The molecule has 37 heavy (non-hydrogen) atoms. The number of nitrogens with zero attached hydrogens (tertiary/aromatic N) is 3. The number of fused-ring (bicyclic) bond motifs is 2. The summed E-state index contributed by atoms with van der Waals surface area (Å²) in [4.78, 5) is 27.2. The number of aryl methyl sites for hydroxylation is 1. The van der Waals surface area contributed by atoms with Crippen molar-refractivity contribution in [2.45, 2.75) is 13.3 Å². The Balaban J connectivity index is 1.26. The molecule has 6 aromatic rings. The van der Waals surface area contributed by atoms with Gasteiger partial charge in [0.25, 0.3) is 5.91 Å². The van der Waals surface area contributed by atoms with Crippen molar-refractivity contribution in [2.75, 3.05) is 5.32 Å². The van der Waals surface area contributed by atoms with E-state index in [4.69, 9.17) is 4.42 Å². The zero-order chi connectivity index (χ0) is 25.4. The zero-order valence-electron chi connectivity index (χ0n) is 20.0. The number of rotatable bonds is 5. The summed E-state index contributed by atoms with van der Waals surface area (Å²) in [5.74, 6) is -0.297. The third kappa shape index (κ3) is 4.38. The Bertz CT molecular complexity index is 1830. The van der Waals surface area contributed by atoms with Gasteiger partial charge in [0.15, 0.2) is 0 Å². The smallest absolute Gasteiger partial charge is 0.344 e. The third-order valence-corrected chi connectivity index (χ3v) is 6.29. The Labute approximate surface area is 212 Å². The molecule has 4 aromatic carbocycles. The van der Waals surface area contributed by atoms with E-state index in [-0.39, 0.29) is 5.91 Å². The lowest BCUT2D eigenvalue weighted by atomic mass is 10.0. The van der Waals surface area contributed by atoms with Crippen LogP contribution in [0.1, 0.15) is 22.8 Å². The van der Waals surface area contributed by atoms with Crippen LogP contribution in [-0.2, 0) is 6.42 Å². The van der Waals surface area contributed by atoms with Crippen LogP contribution in [0.15, 0.2) is 106 Å². The highest BCUT2D eigenvalue weighted by Gasteiger charge is 2.13. The molecule has 7 heteroatoms. The van der Waals surface area contributed by atoms with E-state index in [9.17, 15) is 9.59 Å². The van der Waals surface area contributed by atoms with E-state index in [0.717, 1.165) is 23.0 Å². The van der Waals surface area contributed by atoms with Crippen molar-refractivity contribution in [3.05, 3.63) is 119 Å². The maximum Gasteiger partial charge on any atom is 0.344 e. The van der Waals surface area contributed by atoms with Crippen LogP contribution < -0.4 is 10.9 Å². The highest BCUT2D eigenvalue weighted by atomic mass is 16.4. The van der Waals surface area contributed by atoms with E-state index in [1.54, 1.807) is 53.3 Å². The Morgan fingerprint density at radius 3 is 2.51 bits per heavy atom. The Kier molecular flexibility index (Phi) is 5.58. The van der Waals surface area contributed by atoms with Crippen molar-refractivity contribution in [1.82, 2.24) is 15.0 Å². The fourth-order valence-corrected chi connectivity index (χ4v) is 4.27. The predicted molar refractivity (Wildman–Crippen MR) is 144 cm³/mol. The second-order valence-corrected chi connectivity index (χ2v) is 8.73. The van der Waals surface area contributed by atoms with Gasteiger partial charge in [-0.15, -0.1) is 10.2 Å². The van der Waals surface area contributed by atoms with Crippen LogP contribution in [-0.4, -0.2) is 20.9 Å². The number of para-hydroxylation sites is 1. The van der Waals surface area contributed by atoms with Crippen LogP contribution in [0.2, 0.25) is 0 Å². The highest BCUT2D eigenvalue weighted by Crippen LogP contribution is 2.23. The van der Waals surface area contributed by atoms with Crippen LogP contribution in [0.25, 0.3) is 38.8 Å². The van der Waals surface area contributed by atoms with E-state index in [2.05, 4.69) is 34.6 Å². The fraction of sp³-hybridized carbons (Fsp3) is 0.0667. The van der Waals surface area contributed by atoms with Gasteiger partial charge in [-0.3, -0.25) is 4.79 Å². The lowest BCUT2D eigenvalue weighted by Crippen LogP contribution is -2.12. The van der Waals surface area contributed by atoms with Crippen LogP contribution in [0.5, 0.6) is 0 Å². The van der Waals surface area contributed by atoms with Gasteiger partial charge in [0, 0.05) is 16.6 Å². The topological polar surface area (TPSA) is 90.0 Å². The molecule has 0 saturated carbocycles. The molecule has 0 spiro atoms. The maximum atomic E-state index is 13.1. The summed E-state index contributed by atoms with van der Waals surface area (Å²) in [6.07, 6.45) is 0.969. The van der Waals surface area contributed by atoms with Gasteiger partial charge in [0.05, 0.1) is 11.3 Å². The number of carbonyl (C=O) groups is 1. The first kappa shape index (κ1) is 22.4. The Hall–Kier alpha value is -5.04. The summed E-state index contributed by atoms with van der Waals surface area (Å²) in [7, 11) is 0. The predicted octanol–water partition coefficient (Wildman–Crippen LogP) is 6.01. The van der Waals surface area contributed by atoms with Crippen LogP contribution in [0, 0.1) is 0 Å². The van der Waals surface area contributed by atoms with E-state index in [1.807, 2.05) is 36.4 Å². The van der Waals surface area contributed by atoms with Crippen molar-refractivity contribution in [1.29, 1.82) is 0 Å². The Morgan fingerprint density at radius 1 is 0.865 bits per heavy atom. The van der Waals surface area contributed by atoms with Crippen molar-refractivity contribution in [3.8, 4) is 16.8 Å². The van der Waals surface area contributed by atoms with Gasteiger partial charge in [0.1, 0.15) is 16.6 Å². The van der Waals surface area contributed by atoms with Gasteiger partial charge in [-0.05, 0) is 72.1 Å². The number of aromatic nitrogens is 3. The molecule has 0 saturated heterocycles. The second-order valence-electron chi connectivity index (χ2n) is 8.73. The molecule has 0 fully saturated rings. The normalized spacial score (nSPS) is 11.2. The number of hydrogen-bond acceptors (Lipinski definition) is 5. The zero-order valence-corrected chi connectivity index (χ0v) is 20.0. The van der Waals surface area contributed by atoms with Crippen LogP contribution in [0.3, 0.4) is 0 Å². The van der Waals surface area contributed by atoms with Crippen LogP contribution >= 0.6 is 0 Å². The fourth-order valence-electron chi connectivity index (χ4n) is 4.27. The number of amides is 1. The molecule has 0 radical (unpaired) electrons. The summed E-state index contributed by atoms with van der Waals surface area (Å²) >= 11 is 0. The van der Waals surface area contributed by atoms with Gasteiger partial charge < -0.3 is 9.73 Å². The van der Waals surface area contributed by atoms with E-state index in [1.165, 1.54) is 5.56 Å². The number of hydrogen-bond donors (Lipinski definition) is 1. The molecule has 7 nitrogen and oxygen atoms in total. The minimum atomic E-state index is -0.450. The van der Waals surface area contributed by atoms with E-state index < -0.39 is 5.63 Å². The SMILES string of the molecule is CCc1ccc(-n2nc3ccc(NC(=O)c4cccc(-c5cc6ccccc6oc5=O)c4)cc3n2)cc1. The van der Waals surface area contributed by atoms with E-state index in [0.29, 0.717) is 33.5 Å². The van der Waals surface area contributed by atoms with Crippen molar-refractivity contribution in [3.63, 3.8) is 0 Å². The molecule has 0 atom stereocenters. The molecule has 0 aliphatic heterocycles. The standard InChI is InChI=1S/C30H22N4O3/c1-2-19-10-13-24(14-11-19)34-32-26-15-12-23(18-27(26)33-34)31-29(35)22-8-5-7-20(16-22)25-17-21-6-3-4-9-28(21)37-30(25)36/h3-18H,2H2,1H3,(H,31,35). The average Bonchev–Trinajstić information content (AvgIpc) is 3.36. The van der Waals surface area contributed by atoms with E-state index >= 15 is 0 Å². The first-order valence-electron chi connectivity index (χ1n) is 12.0. The quantitative estimate of drug-likeness (QED) is 0.302. The van der Waals surface area contributed by atoms with Crippen molar-refractivity contribution >= 4 is 33.6 Å². The van der Waals surface area contributed by atoms with Gasteiger partial charge in [0.2, 0.25) is 0 Å². The lowest BCUT2D eigenvalue weighted by molar-refractivity contribution is 0.102. The van der Waals surface area contributed by atoms with Crippen molar-refractivity contribution < 1.29 is 9.21 Å². The average molecular weight is 487 g/mol. The van der Waals surface area contributed by atoms with Gasteiger partial charge in [-0.1, -0.05) is 49.4 Å². The molecule has 2 aromatic heterocycles. The molecule has 1 N–H and O–H groups in total. The summed E-state index contributed by atoms with van der Waals surface area (Å²) in [6.45, 7) is 2.11. The molecule has 0 aliphatic carbocycles. The summed E-state index contributed by atoms with van der Waals surface area (Å²) in [5, 5.41) is 12.9. The van der Waals surface area contributed by atoms with Gasteiger partial charge in [-0.25, -0.2) is 4.79 Å². The van der Waals surface area contributed by atoms with Crippen LogP contribution in [0.4, 0.5) is 5.69 Å². The number of benzene rings is 4. The van der Waals surface area contributed by atoms with Crippen molar-refractivity contribution in [2.24, 2.45) is 0 Å². The van der Waals surface area contributed by atoms with Gasteiger partial charge in [-0.2, -0.15) is 4.80 Å². The van der Waals surface area contributed by atoms with Gasteiger partial charge >= 0.3 is 5.63 Å². The number of carbonyl (C=O) groups excluding carboxylic acids is 1. The third-order valence-electron chi connectivity index (χ3n) is 6.29. The maximum absolute atomic E-state index is 13.1. The second kappa shape index (κ2) is 9.20. The molecule has 6 rings (SSSR count). The number of anilines is 1. The molecular weight excluding hydrogens is 464 g/mol. The first-order chi connectivity index (χ1) is 18.1. The monoisotopic (exact) mass is 486 g/mol. The highest BCUT2D eigenvalue weighted by molar-refractivity contribution is 6.05. The lowest BCUT2D eigenvalue weighted by Gasteiger charge is -2.07. The summed E-state index contributed by atoms with van der Waals surface area (Å²) < 4.78 is 5.46. The largest absolute Gasteiger partial charge is 0.422 e. The minimum Gasteiger partial charge on any atom is -0.422 e. The first-order valence-corrected chi connectivity index (χ1v) is 12.0. The molecule has 2 heterocycles. The minimum absolute atomic E-state index is 0.297. The summed E-state index contributed by atoms with van der Waals surface area (Å²) in [6, 6.07) is 29.5. The molecule has 0 bridgehead atoms. The molecule has 1 amide bonds. The molecule has 180 valence electrons. The molecule has 0 aliphatic rings. The molecule has 0 unspecified atom stereocenters. The number of nitrogens with one attached hydrogen (secondary N) is 1. The Morgan fingerprint density at radius 2 is 1.68 bits per heavy atom. The molecular formula is C30H22N4O3. The summed E-state index contributed by atoms with van der Waals surface area (Å²) in [5.41, 5.74) is 5.61.